The highest BCUT2D eigenvalue weighted by Gasteiger charge is 2.26. The van der Waals surface area contributed by atoms with Crippen molar-refractivity contribution in [2.24, 2.45) is 10.9 Å². The number of hydrogen-bond acceptors (Lipinski definition) is 4. The van der Waals surface area contributed by atoms with Gasteiger partial charge in [-0.05, 0) is 79.9 Å². The largest absolute Gasteiger partial charge is 0.507 e. The second kappa shape index (κ2) is 10.8. The number of benzene rings is 4. The third kappa shape index (κ3) is 4.75. The molecular formula is C35H30N2O3. The van der Waals surface area contributed by atoms with Crippen LogP contribution in [-0.2, 0) is 19.3 Å². The number of fused-ring (bicyclic) bond motifs is 5. The van der Waals surface area contributed by atoms with E-state index in [4.69, 9.17) is 0 Å². The van der Waals surface area contributed by atoms with Crippen molar-refractivity contribution in [2.45, 2.75) is 32.6 Å². The highest BCUT2D eigenvalue weighted by Crippen LogP contribution is 2.30. The lowest BCUT2D eigenvalue weighted by Crippen LogP contribution is -2.28. The minimum atomic E-state index is -0.338. The molecule has 5 nitrogen and oxygen atoms in total. The Labute approximate surface area is 232 Å². The molecule has 0 aromatic heterocycles. The molecule has 198 valence electrons. The smallest absolute Gasteiger partial charge is 0.262 e. The van der Waals surface area contributed by atoms with E-state index in [2.05, 4.69) is 72.6 Å². The van der Waals surface area contributed by atoms with Gasteiger partial charge in [0.1, 0.15) is 5.75 Å². The second-order valence-electron chi connectivity index (χ2n) is 10.6. The number of hydrogen-bond donors (Lipinski definition) is 1. The Morgan fingerprint density at radius 1 is 0.850 bits per heavy atom. The van der Waals surface area contributed by atoms with E-state index in [1.807, 2.05) is 30.6 Å². The molecule has 1 N–H and O–H groups in total. The van der Waals surface area contributed by atoms with Gasteiger partial charge in [0.25, 0.3) is 5.70 Å². The van der Waals surface area contributed by atoms with E-state index in [1.54, 1.807) is 6.07 Å². The summed E-state index contributed by atoms with van der Waals surface area (Å²) in [6.45, 7) is 2.24. The first kappa shape index (κ1) is 25.5. The maximum Gasteiger partial charge on any atom is 0.262 e. The Bertz CT molecular complexity index is 1910. The molecule has 0 bridgehead atoms. The number of aliphatic imine (C=N–C) groups is 1. The van der Waals surface area contributed by atoms with Crippen molar-refractivity contribution in [3.8, 4) is 5.75 Å². The molecule has 5 heteroatoms. The van der Waals surface area contributed by atoms with E-state index in [-0.39, 0.29) is 22.8 Å². The van der Waals surface area contributed by atoms with Crippen LogP contribution in [0.25, 0.3) is 17.3 Å². The topological polar surface area (TPSA) is 75.7 Å². The van der Waals surface area contributed by atoms with Crippen LogP contribution in [0.1, 0.15) is 41.2 Å². The fourth-order valence-corrected chi connectivity index (χ4v) is 6.15. The molecule has 1 unspecified atom stereocenters. The molecule has 0 radical (unpaired) electrons. The lowest BCUT2D eigenvalue weighted by Gasteiger charge is -2.25. The van der Waals surface area contributed by atoms with E-state index in [9.17, 15) is 15.2 Å². The first-order chi connectivity index (χ1) is 19.5. The van der Waals surface area contributed by atoms with Gasteiger partial charge in [0.05, 0.1) is 16.6 Å². The highest BCUT2D eigenvalue weighted by atomic mass is 16.6. The van der Waals surface area contributed by atoms with Gasteiger partial charge in [-0.3, -0.25) is 15.1 Å². The van der Waals surface area contributed by atoms with E-state index < -0.39 is 0 Å². The van der Waals surface area contributed by atoms with Crippen molar-refractivity contribution in [2.75, 3.05) is 0 Å². The molecule has 0 saturated heterocycles. The van der Waals surface area contributed by atoms with Crippen LogP contribution in [0.5, 0.6) is 5.75 Å². The number of phenolic OH excluding ortho intramolecular Hbond substituents is 1. The molecule has 1 heterocycles. The number of rotatable bonds is 2. The van der Waals surface area contributed by atoms with Crippen molar-refractivity contribution in [1.29, 1.82) is 0 Å². The average Bonchev–Trinajstić information content (AvgIpc) is 3.23. The molecule has 1 aliphatic heterocycles. The second-order valence-corrected chi connectivity index (χ2v) is 10.6. The summed E-state index contributed by atoms with van der Waals surface area (Å²) in [5.41, 5.74) is 7.49. The molecule has 3 aliphatic rings. The van der Waals surface area contributed by atoms with Crippen LogP contribution in [0, 0.1) is 26.5 Å². The van der Waals surface area contributed by atoms with Gasteiger partial charge in [-0.25, -0.2) is 0 Å². The maximum atomic E-state index is 11.8. The normalized spacial score (nSPS) is 16.5. The summed E-state index contributed by atoms with van der Waals surface area (Å²) in [6, 6.07) is 28.1. The third-order valence-corrected chi connectivity index (χ3v) is 7.98. The van der Waals surface area contributed by atoms with Gasteiger partial charge in [0.2, 0.25) is 0 Å². The van der Waals surface area contributed by atoms with Gasteiger partial charge in [-0.15, -0.1) is 0 Å². The summed E-state index contributed by atoms with van der Waals surface area (Å²) in [7, 11) is 0. The van der Waals surface area contributed by atoms with Crippen LogP contribution in [0.15, 0.2) is 96.1 Å². The van der Waals surface area contributed by atoms with Gasteiger partial charge in [-0.1, -0.05) is 85.8 Å². The van der Waals surface area contributed by atoms with E-state index in [1.165, 1.54) is 39.1 Å². The summed E-state index contributed by atoms with van der Waals surface area (Å²) in [6.07, 6.45) is 8.91. The average molecular weight is 527 g/mol. The highest BCUT2D eigenvalue weighted by molar-refractivity contribution is 5.70. The van der Waals surface area contributed by atoms with E-state index >= 15 is 0 Å². The van der Waals surface area contributed by atoms with Gasteiger partial charge < -0.3 is 5.11 Å². The number of nitrogens with zero attached hydrogens (tertiary/aromatic N) is 2. The molecule has 40 heavy (non-hydrogen) atoms. The Morgan fingerprint density at radius 2 is 1.62 bits per heavy atom. The quantitative estimate of drug-likeness (QED) is 0.270. The first-order valence-corrected chi connectivity index (χ1v) is 13.7. The molecule has 1 atom stereocenters. The molecule has 7 rings (SSSR count). The Morgan fingerprint density at radius 3 is 2.45 bits per heavy atom. The summed E-state index contributed by atoms with van der Waals surface area (Å²) < 4.78 is 0. The molecule has 0 amide bonds. The predicted molar refractivity (Wildman–Crippen MR) is 160 cm³/mol. The predicted octanol–water partition coefficient (Wildman–Crippen LogP) is 5.69. The van der Waals surface area contributed by atoms with Crippen LogP contribution in [0.2, 0.25) is 0 Å². The van der Waals surface area contributed by atoms with Crippen LogP contribution >= 0.6 is 0 Å². The van der Waals surface area contributed by atoms with E-state index in [0.29, 0.717) is 11.1 Å². The van der Waals surface area contributed by atoms with E-state index in [0.717, 1.165) is 35.3 Å². The zero-order chi connectivity index (χ0) is 27.6. The lowest BCUT2D eigenvalue weighted by atomic mass is 9.79. The fourth-order valence-electron chi connectivity index (χ4n) is 6.15. The summed E-state index contributed by atoms with van der Waals surface area (Å²) in [5, 5.41) is 25.5. The number of nitro groups is 1. The maximum absolute atomic E-state index is 11.8. The molecule has 0 fully saturated rings. The summed E-state index contributed by atoms with van der Waals surface area (Å²) >= 11 is 0. The molecular weight excluding hydrogens is 496 g/mol. The monoisotopic (exact) mass is 526 g/mol. The minimum absolute atomic E-state index is 0.0255. The Kier molecular flexibility index (Phi) is 6.87. The molecule has 4 aromatic carbocycles. The first-order valence-electron chi connectivity index (χ1n) is 13.7. The lowest BCUT2D eigenvalue weighted by molar-refractivity contribution is -0.381. The van der Waals surface area contributed by atoms with Gasteiger partial charge >= 0.3 is 0 Å². The molecule has 2 aliphatic carbocycles. The fraction of sp³-hybridized carbons (Fsp3) is 0.171. The van der Waals surface area contributed by atoms with Gasteiger partial charge in [0.15, 0.2) is 0 Å². The molecule has 0 spiro atoms. The Balaban J connectivity index is 0.000000219. The van der Waals surface area contributed by atoms with Gasteiger partial charge in [0, 0.05) is 18.8 Å². The van der Waals surface area contributed by atoms with Crippen LogP contribution in [-0.4, -0.2) is 16.2 Å². The van der Waals surface area contributed by atoms with Crippen molar-refractivity contribution in [1.82, 2.24) is 0 Å². The molecule has 4 aromatic rings. The van der Waals surface area contributed by atoms with Crippen molar-refractivity contribution >= 4 is 23.6 Å². The summed E-state index contributed by atoms with van der Waals surface area (Å²) in [4.78, 5) is 15.6. The zero-order valence-corrected chi connectivity index (χ0v) is 22.4. The van der Waals surface area contributed by atoms with Crippen LogP contribution in [0.4, 0.5) is 0 Å². The van der Waals surface area contributed by atoms with Crippen molar-refractivity contribution < 1.29 is 10.0 Å². The standard InChI is InChI=1S/C25H21NO3.C10H9N/c1-15-12-20(16-6-3-2-4-7-16)18-11-10-17-19-8-5-9-24(27)25(19)23(26(28)29)14-22(17)21(18)13-15;1-2-4-10-6-8-11-7-5-9(10)3-1/h2-11,15,27H,12-14H2,1H3;1-5,7-8H,6H2. The minimum Gasteiger partial charge on any atom is -0.507 e. The summed E-state index contributed by atoms with van der Waals surface area (Å²) in [5.74, 6) is 0.441. The Hall–Kier alpha value is -4.77. The third-order valence-electron chi connectivity index (χ3n) is 7.98. The van der Waals surface area contributed by atoms with Crippen molar-refractivity contribution in [3.05, 3.63) is 150 Å². The van der Waals surface area contributed by atoms with Gasteiger partial charge in [-0.2, -0.15) is 0 Å². The number of aromatic hydroxyl groups is 1. The SMILES string of the molecule is C1=Cc2ccccc2CC=N1.CC1CC(c2ccccc2)=c2ccc3c(c2C1)CC([N+](=O)[O-])=c1c(O)cccc1=3. The number of phenols is 1. The zero-order valence-electron chi connectivity index (χ0n) is 22.4. The molecule has 0 saturated carbocycles. The van der Waals surface area contributed by atoms with Crippen molar-refractivity contribution in [3.63, 3.8) is 0 Å². The van der Waals surface area contributed by atoms with Crippen LogP contribution < -0.4 is 10.4 Å². The van der Waals surface area contributed by atoms with Crippen LogP contribution in [0.3, 0.4) is 0 Å².